The molecule has 0 bridgehead atoms. The van der Waals surface area contributed by atoms with Gasteiger partial charge in [0.25, 0.3) is 0 Å². The number of hydrogen-bond acceptors (Lipinski definition) is 2. The number of halogens is 1. The van der Waals surface area contributed by atoms with Crippen molar-refractivity contribution in [3.63, 3.8) is 0 Å². The van der Waals surface area contributed by atoms with Gasteiger partial charge in [0.05, 0.1) is 10.7 Å². The summed E-state index contributed by atoms with van der Waals surface area (Å²) in [5, 5.41) is 3.92. The van der Waals surface area contributed by atoms with Crippen LogP contribution in [-0.2, 0) is 0 Å². The summed E-state index contributed by atoms with van der Waals surface area (Å²) in [6.45, 7) is 1.51. The second kappa shape index (κ2) is 7.75. The maximum atomic E-state index is 12.5. The van der Waals surface area contributed by atoms with E-state index in [-0.39, 0.29) is 6.03 Å². The Kier molecular flexibility index (Phi) is 5.47. The number of nitrogens with one attached hydrogen (secondary N) is 1. The predicted octanol–water partition coefficient (Wildman–Crippen LogP) is 5.05. The van der Waals surface area contributed by atoms with E-state index >= 15 is 0 Å². The molecule has 1 fully saturated rings. The van der Waals surface area contributed by atoms with Gasteiger partial charge in [-0.1, -0.05) is 54.1 Å². The highest BCUT2D eigenvalue weighted by atomic mass is 35.5. The van der Waals surface area contributed by atoms with Gasteiger partial charge in [0, 0.05) is 24.1 Å². The van der Waals surface area contributed by atoms with Gasteiger partial charge in [-0.2, -0.15) is 11.8 Å². The van der Waals surface area contributed by atoms with E-state index in [4.69, 9.17) is 11.6 Å². The summed E-state index contributed by atoms with van der Waals surface area (Å²) in [6.07, 6.45) is 0.963. The first kappa shape index (κ1) is 16.2. The second-order valence-corrected chi connectivity index (χ2v) is 7.17. The Morgan fingerprint density at radius 3 is 2.61 bits per heavy atom. The number of benzene rings is 2. The average Bonchev–Trinajstić information content (AvgIpc) is 2.84. The first-order chi connectivity index (χ1) is 11.2. The Hall–Kier alpha value is -1.65. The predicted molar refractivity (Wildman–Crippen MR) is 98.3 cm³/mol. The van der Waals surface area contributed by atoms with Crippen molar-refractivity contribution in [2.24, 2.45) is 0 Å². The fraction of sp³-hybridized carbons (Fsp3) is 0.278. The van der Waals surface area contributed by atoms with Crippen molar-refractivity contribution in [3.05, 3.63) is 65.2 Å². The number of anilines is 1. The molecule has 0 saturated carbocycles. The van der Waals surface area contributed by atoms with Crippen LogP contribution in [0.3, 0.4) is 0 Å². The van der Waals surface area contributed by atoms with Crippen molar-refractivity contribution in [2.75, 3.05) is 24.2 Å². The molecular weight excluding hydrogens is 328 g/mol. The summed E-state index contributed by atoms with van der Waals surface area (Å²) < 4.78 is 0. The molecule has 0 aliphatic carbocycles. The lowest BCUT2D eigenvalue weighted by Crippen LogP contribution is -2.36. The quantitative estimate of drug-likeness (QED) is 0.825. The lowest BCUT2D eigenvalue weighted by molar-refractivity contribution is 0.215. The van der Waals surface area contributed by atoms with E-state index in [0.717, 1.165) is 25.3 Å². The maximum Gasteiger partial charge on any atom is 0.321 e. The zero-order valence-corrected chi connectivity index (χ0v) is 14.3. The Bertz CT molecular complexity index is 665. The van der Waals surface area contributed by atoms with Gasteiger partial charge < -0.3 is 10.2 Å². The van der Waals surface area contributed by atoms with E-state index in [1.807, 2.05) is 40.9 Å². The Labute approximate surface area is 146 Å². The number of rotatable bonds is 2. The van der Waals surface area contributed by atoms with Gasteiger partial charge in [-0.05, 0) is 24.1 Å². The van der Waals surface area contributed by atoms with Crippen LogP contribution in [0.5, 0.6) is 0 Å². The van der Waals surface area contributed by atoms with Gasteiger partial charge >= 0.3 is 6.03 Å². The minimum atomic E-state index is -0.0765. The summed E-state index contributed by atoms with van der Waals surface area (Å²) >= 11 is 8.03. The van der Waals surface area contributed by atoms with E-state index in [1.54, 1.807) is 6.07 Å². The van der Waals surface area contributed by atoms with E-state index < -0.39 is 0 Å². The number of nitrogens with zero attached hydrogens (tertiary/aromatic N) is 1. The molecule has 1 aliphatic rings. The third kappa shape index (κ3) is 4.21. The van der Waals surface area contributed by atoms with Crippen LogP contribution in [0.4, 0.5) is 10.5 Å². The van der Waals surface area contributed by atoms with Crippen LogP contribution in [0.2, 0.25) is 5.02 Å². The second-order valence-electron chi connectivity index (χ2n) is 5.46. The van der Waals surface area contributed by atoms with Gasteiger partial charge in [-0.25, -0.2) is 4.79 Å². The number of urea groups is 1. The number of hydrogen-bond donors (Lipinski definition) is 1. The average molecular weight is 347 g/mol. The summed E-state index contributed by atoms with van der Waals surface area (Å²) in [6, 6.07) is 17.7. The van der Waals surface area contributed by atoms with E-state index in [9.17, 15) is 4.79 Å². The largest absolute Gasteiger partial charge is 0.324 e. The highest BCUT2D eigenvalue weighted by molar-refractivity contribution is 7.99. The summed E-state index contributed by atoms with van der Waals surface area (Å²) in [7, 11) is 0. The molecular formula is C18H19ClN2OS. The minimum Gasteiger partial charge on any atom is -0.324 e. The molecule has 1 atom stereocenters. The molecule has 3 nitrogen and oxygen atoms in total. The highest BCUT2D eigenvalue weighted by Gasteiger charge is 2.22. The lowest BCUT2D eigenvalue weighted by Gasteiger charge is -2.21. The number of carbonyl (C=O) groups is 1. The molecule has 0 aromatic heterocycles. The first-order valence-corrected chi connectivity index (χ1v) is 9.14. The van der Waals surface area contributed by atoms with Crippen molar-refractivity contribution < 1.29 is 4.79 Å². The van der Waals surface area contributed by atoms with Crippen molar-refractivity contribution in [3.8, 4) is 0 Å². The molecule has 120 valence electrons. The Morgan fingerprint density at radius 2 is 1.83 bits per heavy atom. The van der Waals surface area contributed by atoms with Gasteiger partial charge in [-0.15, -0.1) is 0 Å². The molecule has 1 heterocycles. The standard InChI is InChI=1S/C18H19ClN2OS/c19-15-8-4-5-9-16(15)20-18(22)21-11-10-17(23-13-12-21)14-6-2-1-3-7-14/h1-9,17H,10-13H2,(H,20,22)/t17-/m0/s1. The van der Waals surface area contributed by atoms with Crippen molar-refractivity contribution in [2.45, 2.75) is 11.7 Å². The van der Waals surface area contributed by atoms with Gasteiger partial charge in [0.1, 0.15) is 0 Å². The molecule has 23 heavy (non-hydrogen) atoms. The molecule has 1 saturated heterocycles. The lowest BCUT2D eigenvalue weighted by atomic mass is 10.1. The van der Waals surface area contributed by atoms with Crippen LogP contribution < -0.4 is 5.32 Å². The topological polar surface area (TPSA) is 32.3 Å². The smallest absolute Gasteiger partial charge is 0.321 e. The number of carbonyl (C=O) groups excluding carboxylic acids is 1. The molecule has 5 heteroatoms. The molecule has 3 rings (SSSR count). The molecule has 0 radical (unpaired) electrons. The first-order valence-electron chi connectivity index (χ1n) is 7.71. The monoisotopic (exact) mass is 346 g/mol. The minimum absolute atomic E-state index is 0.0765. The summed E-state index contributed by atoms with van der Waals surface area (Å²) in [4.78, 5) is 14.3. The zero-order valence-electron chi connectivity index (χ0n) is 12.7. The van der Waals surface area contributed by atoms with Crippen molar-refractivity contribution in [1.82, 2.24) is 4.90 Å². The Morgan fingerprint density at radius 1 is 1.09 bits per heavy atom. The van der Waals surface area contributed by atoms with Crippen LogP contribution >= 0.6 is 23.4 Å². The third-order valence-electron chi connectivity index (χ3n) is 3.92. The number of para-hydroxylation sites is 1. The van der Waals surface area contributed by atoms with E-state index in [2.05, 4.69) is 29.6 Å². The van der Waals surface area contributed by atoms with Crippen LogP contribution in [0.15, 0.2) is 54.6 Å². The summed E-state index contributed by atoms with van der Waals surface area (Å²) in [5.74, 6) is 0.940. The Balaban J connectivity index is 1.61. The number of thioether (sulfide) groups is 1. The van der Waals surface area contributed by atoms with Gasteiger partial charge in [-0.3, -0.25) is 0 Å². The van der Waals surface area contributed by atoms with Crippen LogP contribution in [0.25, 0.3) is 0 Å². The van der Waals surface area contributed by atoms with E-state index in [1.165, 1.54) is 5.56 Å². The fourth-order valence-electron chi connectivity index (χ4n) is 2.66. The number of amides is 2. The molecule has 0 unspecified atom stereocenters. The van der Waals surface area contributed by atoms with Gasteiger partial charge in [0.2, 0.25) is 0 Å². The molecule has 1 N–H and O–H groups in total. The maximum absolute atomic E-state index is 12.5. The fourth-order valence-corrected chi connectivity index (χ4v) is 4.08. The zero-order chi connectivity index (χ0) is 16.1. The van der Waals surface area contributed by atoms with Crippen molar-refractivity contribution >= 4 is 35.1 Å². The third-order valence-corrected chi connectivity index (χ3v) is 5.57. The van der Waals surface area contributed by atoms with Crippen molar-refractivity contribution in [1.29, 1.82) is 0 Å². The molecule has 2 aromatic rings. The normalized spacial score (nSPS) is 18.3. The molecule has 1 aliphatic heterocycles. The van der Waals surface area contributed by atoms with Crippen LogP contribution in [0.1, 0.15) is 17.2 Å². The molecule has 2 aromatic carbocycles. The molecule has 2 amide bonds. The van der Waals surface area contributed by atoms with E-state index in [0.29, 0.717) is 16.0 Å². The highest BCUT2D eigenvalue weighted by Crippen LogP contribution is 2.34. The van der Waals surface area contributed by atoms with Crippen LogP contribution in [0, 0.1) is 0 Å². The van der Waals surface area contributed by atoms with Gasteiger partial charge in [0.15, 0.2) is 0 Å². The molecule has 0 spiro atoms. The summed E-state index contributed by atoms with van der Waals surface area (Å²) in [5.41, 5.74) is 2.00. The SMILES string of the molecule is O=C(Nc1ccccc1Cl)N1CCS[C@H](c2ccccc2)CC1. The van der Waals surface area contributed by atoms with Crippen LogP contribution in [-0.4, -0.2) is 29.8 Å².